The Kier molecular flexibility index (Phi) is 9.58. The lowest BCUT2D eigenvalue weighted by Gasteiger charge is -2.33. The Balaban J connectivity index is 1.25. The third kappa shape index (κ3) is 7.39. The first-order valence-corrected chi connectivity index (χ1v) is 20.6. The highest BCUT2D eigenvalue weighted by molar-refractivity contribution is 6.09. The highest BCUT2D eigenvalue weighted by Crippen LogP contribution is 2.44. The molecule has 0 spiro atoms. The van der Waals surface area contributed by atoms with Gasteiger partial charge in [0, 0.05) is 63.2 Å². The summed E-state index contributed by atoms with van der Waals surface area (Å²) in [6.07, 6.45) is 4.27. The molecule has 296 valence electrons. The summed E-state index contributed by atoms with van der Waals surface area (Å²) in [5.41, 5.74) is 10.4. The second-order valence-corrected chi connectivity index (χ2v) is 19.6. The van der Waals surface area contributed by atoms with Crippen molar-refractivity contribution in [1.82, 2.24) is 9.55 Å². The smallest absolute Gasteiger partial charge is 0.137 e. The molecule has 0 fully saturated rings. The van der Waals surface area contributed by atoms with Gasteiger partial charge in [-0.25, -0.2) is 4.98 Å². The average Bonchev–Trinajstić information content (AvgIpc) is 3.79. The van der Waals surface area contributed by atoms with Gasteiger partial charge in [0.05, 0.1) is 17.7 Å². The van der Waals surface area contributed by atoms with Gasteiger partial charge in [-0.2, -0.15) is 0 Å². The molecule has 5 aromatic carbocycles. The van der Waals surface area contributed by atoms with E-state index in [1.165, 1.54) is 44.4 Å². The van der Waals surface area contributed by atoms with E-state index in [-0.39, 0.29) is 21.7 Å². The maximum absolute atomic E-state index is 7.02. The lowest BCUT2D eigenvalue weighted by molar-refractivity contribution is 0.478. The zero-order chi connectivity index (χ0) is 41.2. The summed E-state index contributed by atoms with van der Waals surface area (Å²) in [7, 11) is 0. The van der Waals surface area contributed by atoms with Crippen molar-refractivity contribution in [3.63, 3.8) is 0 Å². The van der Waals surface area contributed by atoms with Gasteiger partial charge in [0.15, 0.2) is 0 Å². The van der Waals surface area contributed by atoms with Crippen LogP contribution in [0.15, 0.2) is 145 Å². The minimum atomic E-state index is -0.290. The molecule has 0 saturated carbocycles. The third-order valence-electron chi connectivity index (χ3n) is 11.8. The highest BCUT2D eigenvalue weighted by atomic mass is 16.5. The molecule has 7 aromatic rings. The number of allylic oxidation sites excluding steroid dienone is 1. The Labute approximate surface area is 345 Å². The Bertz CT molecular complexity index is 2660. The van der Waals surface area contributed by atoms with Crippen molar-refractivity contribution in [2.45, 2.75) is 92.4 Å². The molecule has 1 aliphatic rings. The Morgan fingerprint density at radius 3 is 1.88 bits per heavy atom. The van der Waals surface area contributed by atoms with Crippen LogP contribution in [0.4, 0.5) is 11.4 Å². The van der Waals surface area contributed by atoms with E-state index in [0.29, 0.717) is 6.67 Å². The van der Waals surface area contributed by atoms with Crippen LogP contribution < -0.4 is 14.5 Å². The number of para-hydroxylation sites is 1. The van der Waals surface area contributed by atoms with Crippen LogP contribution >= 0.6 is 0 Å². The van der Waals surface area contributed by atoms with Gasteiger partial charge in [0.1, 0.15) is 17.3 Å². The van der Waals surface area contributed by atoms with Gasteiger partial charge >= 0.3 is 0 Å². The van der Waals surface area contributed by atoms with Crippen molar-refractivity contribution in [2.75, 3.05) is 16.5 Å². The maximum Gasteiger partial charge on any atom is 0.137 e. The van der Waals surface area contributed by atoms with Crippen molar-refractivity contribution in [3.8, 4) is 17.3 Å². The van der Waals surface area contributed by atoms with Gasteiger partial charge < -0.3 is 14.5 Å². The first kappa shape index (κ1) is 39.0. The van der Waals surface area contributed by atoms with Crippen LogP contribution in [-0.4, -0.2) is 16.2 Å². The van der Waals surface area contributed by atoms with E-state index < -0.39 is 0 Å². The molecular formula is C53H58N4O. The molecule has 0 bridgehead atoms. The number of rotatable bonds is 7. The van der Waals surface area contributed by atoms with E-state index in [0.717, 1.165) is 34.0 Å². The van der Waals surface area contributed by atoms with Crippen molar-refractivity contribution < 1.29 is 4.74 Å². The second-order valence-electron chi connectivity index (χ2n) is 19.6. The lowest BCUT2D eigenvalue weighted by atomic mass is 9.78. The average molecular weight is 767 g/mol. The number of nitrogens with zero attached hydrogens (tertiary/aromatic N) is 4. The molecule has 0 saturated heterocycles. The molecule has 5 heteroatoms. The number of benzene rings is 5. The molecule has 58 heavy (non-hydrogen) atoms. The Morgan fingerprint density at radius 1 is 0.500 bits per heavy atom. The maximum atomic E-state index is 7.02. The van der Waals surface area contributed by atoms with Crippen LogP contribution in [-0.2, 0) is 16.2 Å². The van der Waals surface area contributed by atoms with E-state index >= 15 is 0 Å². The summed E-state index contributed by atoms with van der Waals surface area (Å²) in [4.78, 5) is 9.77. The standard InChI is InChI=1S/C53H58N4O/c1-50(2,3)37-20-17-21-40(28-37)55-34-48(52(7,8)9)56(35-55)41-29-39(53(10,11)36-18-13-12-14-19-36)30-43(32-41)58-42-24-25-45-44-22-15-16-23-46(44)57(47(45)33-42)49-31-38(26-27-54-49)51(4,5)6/h12-34H,35H2,1-11H3. The zero-order valence-corrected chi connectivity index (χ0v) is 36.2. The van der Waals surface area contributed by atoms with Crippen molar-refractivity contribution in [3.05, 3.63) is 168 Å². The third-order valence-corrected chi connectivity index (χ3v) is 11.8. The summed E-state index contributed by atoms with van der Waals surface area (Å²) in [6, 6.07) is 46.0. The molecule has 5 nitrogen and oxygen atoms in total. The zero-order valence-electron chi connectivity index (χ0n) is 36.2. The fourth-order valence-corrected chi connectivity index (χ4v) is 8.20. The quantitative estimate of drug-likeness (QED) is 0.162. The normalized spacial score (nSPS) is 14.1. The van der Waals surface area contributed by atoms with E-state index in [9.17, 15) is 0 Å². The SMILES string of the molecule is CC(C)(C)C1=CN(c2cccc(C(C)(C)C)c2)CN1c1cc(Oc2ccc3c4ccccc4n(-c4cc(C(C)(C)C)ccn4)c3c2)cc(C(C)(C)c2ccccc2)c1. The van der Waals surface area contributed by atoms with Gasteiger partial charge in [0.2, 0.25) is 0 Å². The summed E-state index contributed by atoms with van der Waals surface area (Å²) in [5, 5.41) is 2.35. The second kappa shape index (κ2) is 14.2. The first-order valence-electron chi connectivity index (χ1n) is 20.6. The molecule has 0 aliphatic carbocycles. The number of hydrogen-bond donors (Lipinski definition) is 0. The minimum absolute atomic E-state index is 0.00808. The van der Waals surface area contributed by atoms with Gasteiger partial charge in [-0.1, -0.05) is 137 Å². The highest BCUT2D eigenvalue weighted by Gasteiger charge is 2.33. The van der Waals surface area contributed by atoms with Crippen LogP contribution in [0.25, 0.3) is 27.6 Å². The Morgan fingerprint density at radius 2 is 1.16 bits per heavy atom. The van der Waals surface area contributed by atoms with Crippen LogP contribution in [0, 0.1) is 5.41 Å². The summed E-state index contributed by atoms with van der Waals surface area (Å²) in [6.45, 7) is 25.8. The number of hydrogen-bond acceptors (Lipinski definition) is 4. The number of ether oxygens (including phenoxy) is 1. The fourth-order valence-electron chi connectivity index (χ4n) is 8.20. The number of aromatic nitrogens is 2. The van der Waals surface area contributed by atoms with Gasteiger partial charge in [-0.15, -0.1) is 0 Å². The molecule has 0 N–H and O–H groups in total. The molecule has 0 radical (unpaired) electrons. The molecule has 3 heterocycles. The lowest BCUT2D eigenvalue weighted by Crippen LogP contribution is -2.31. The first-order chi connectivity index (χ1) is 27.4. The largest absolute Gasteiger partial charge is 0.457 e. The molecule has 1 aliphatic heterocycles. The molecule has 2 aromatic heterocycles. The van der Waals surface area contributed by atoms with Crippen molar-refractivity contribution in [1.29, 1.82) is 0 Å². The molecular weight excluding hydrogens is 709 g/mol. The van der Waals surface area contributed by atoms with Gasteiger partial charge in [0.25, 0.3) is 0 Å². The summed E-state index contributed by atoms with van der Waals surface area (Å²) in [5.74, 6) is 2.48. The molecule has 8 rings (SSSR count). The van der Waals surface area contributed by atoms with Crippen LogP contribution in [0.1, 0.15) is 98.4 Å². The minimum Gasteiger partial charge on any atom is -0.457 e. The molecule has 0 amide bonds. The van der Waals surface area contributed by atoms with Crippen LogP contribution in [0.3, 0.4) is 0 Å². The number of anilines is 2. The van der Waals surface area contributed by atoms with E-state index in [4.69, 9.17) is 9.72 Å². The summed E-state index contributed by atoms with van der Waals surface area (Å²) >= 11 is 0. The van der Waals surface area contributed by atoms with E-state index in [1.807, 2.05) is 6.20 Å². The predicted octanol–water partition coefficient (Wildman–Crippen LogP) is 14.1. The van der Waals surface area contributed by atoms with Crippen molar-refractivity contribution in [2.24, 2.45) is 5.41 Å². The van der Waals surface area contributed by atoms with Gasteiger partial charge in [-0.3, -0.25) is 4.57 Å². The Hall–Kier alpha value is -5.81. The van der Waals surface area contributed by atoms with Crippen molar-refractivity contribution >= 4 is 33.2 Å². The van der Waals surface area contributed by atoms with Crippen LogP contribution in [0.2, 0.25) is 0 Å². The molecule has 0 unspecified atom stereocenters. The number of fused-ring (bicyclic) bond motifs is 3. The van der Waals surface area contributed by atoms with E-state index in [2.05, 4.69) is 224 Å². The number of pyridine rings is 1. The summed E-state index contributed by atoms with van der Waals surface area (Å²) < 4.78 is 9.29. The fraction of sp³-hybridized carbons (Fsp3) is 0.302. The van der Waals surface area contributed by atoms with Gasteiger partial charge in [-0.05, 0) is 87.7 Å². The van der Waals surface area contributed by atoms with Crippen LogP contribution in [0.5, 0.6) is 11.5 Å². The monoisotopic (exact) mass is 766 g/mol. The molecule has 0 atom stereocenters. The predicted molar refractivity (Wildman–Crippen MR) is 245 cm³/mol. The topological polar surface area (TPSA) is 33.5 Å². The van der Waals surface area contributed by atoms with E-state index in [1.54, 1.807) is 0 Å².